The van der Waals surface area contributed by atoms with Crippen LogP contribution in [-0.2, 0) is 11.3 Å². The summed E-state index contributed by atoms with van der Waals surface area (Å²) in [5, 5.41) is -0.411. The molecule has 2 rings (SSSR count). The second-order valence-electron chi connectivity index (χ2n) is 4.70. The molecule has 1 aromatic carbocycles. The van der Waals surface area contributed by atoms with Crippen molar-refractivity contribution in [2.45, 2.75) is 18.8 Å². The minimum Gasteiger partial charge on any atom is -0.339 e. The van der Waals surface area contributed by atoms with E-state index in [2.05, 4.69) is 29.2 Å². The number of carbonyl (C=O) groups is 1. The zero-order chi connectivity index (χ0) is 13.0. The fourth-order valence-corrected chi connectivity index (χ4v) is 2.36. The van der Waals surface area contributed by atoms with E-state index in [1.807, 2.05) is 11.0 Å². The van der Waals surface area contributed by atoms with Crippen LogP contribution in [-0.4, -0.2) is 47.3 Å². The van der Waals surface area contributed by atoms with E-state index in [-0.39, 0.29) is 5.91 Å². The van der Waals surface area contributed by atoms with Gasteiger partial charge in [0.25, 0.3) is 0 Å². The molecule has 0 aromatic heterocycles. The molecular weight excluding hydrogens is 248 g/mol. The van der Waals surface area contributed by atoms with Gasteiger partial charge in [-0.15, -0.1) is 11.6 Å². The topological polar surface area (TPSA) is 23.6 Å². The van der Waals surface area contributed by atoms with Crippen molar-refractivity contribution in [3.8, 4) is 0 Å². The zero-order valence-electron chi connectivity index (χ0n) is 10.7. The van der Waals surface area contributed by atoms with Crippen molar-refractivity contribution in [3.63, 3.8) is 0 Å². The van der Waals surface area contributed by atoms with Crippen molar-refractivity contribution in [1.29, 1.82) is 0 Å². The Morgan fingerprint density at radius 2 is 1.83 bits per heavy atom. The number of piperazine rings is 1. The van der Waals surface area contributed by atoms with E-state index >= 15 is 0 Å². The number of carbonyl (C=O) groups excluding carboxylic acids is 1. The normalized spacial score (nSPS) is 18.7. The lowest BCUT2D eigenvalue weighted by molar-refractivity contribution is -0.132. The van der Waals surface area contributed by atoms with Gasteiger partial charge in [-0.05, 0) is 12.5 Å². The first-order chi connectivity index (χ1) is 8.66. The summed E-state index contributed by atoms with van der Waals surface area (Å²) < 4.78 is 0. The molecule has 98 valence electrons. The van der Waals surface area contributed by atoms with Gasteiger partial charge in [-0.25, -0.2) is 0 Å². The van der Waals surface area contributed by atoms with Crippen molar-refractivity contribution < 1.29 is 4.79 Å². The molecule has 4 heteroatoms. The lowest BCUT2D eigenvalue weighted by atomic mass is 10.2. The molecule has 1 atom stereocenters. The molecule has 18 heavy (non-hydrogen) atoms. The molecular formula is C14H19ClN2O. The average Bonchev–Trinajstić information content (AvgIpc) is 2.40. The molecule has 1 heterocycles. The summed E-state index contributed by atoms with van der Waals surface area (Å²) in [5.41, 5.74) is 1.32. The van der Waals surface area contributed by atoms with Crippen molar-refractivity contribution >= 4 is 17.5 Å². The van der Waals surface area contributed by atoms with Crippen LogP contribution < -0.4 is 0 Å². The van der Waals surface area contributed by atoms with Crippen LogP contribution >= 0.6 is 11.6 Å². The monoisotopic (exact) mass is 266 g/mol. The van der Waals surface area contributed by atoms with Crippen molar-refractivity contribution in [1.82, 2.24) is 9.80 Å². The van der Waals surface area contributed by atoms with E-state index in [0.29, 0.717) is 0 Å². The average molecular weight is 267 g/mol. The highest BCUT2D eigenvalue weighted by Gasteiger charge is 2.23. The van der Waals surface area contributed by atoms with Gasteiger partial charge < -0.3 is 4.90 Å². The van der Waals surface area contributed by atoms with Gasteiger partial charge in [-0.1, -0.05) is 30.3 Å². The van der Waals surface area contributed by atoms with E-state index in [0.717, 1.165) is 32.7 Å². The zero-order valence-corrected chi connectivity index (χ0v) is 11.4. The van der Waals surface area contributed by atoms with Crippen molar-refractivity contribution in [2.75, 3.05) is 26.2 Å². The van der Waals surface area contributed by atoms with Crippen LogP contribution in [0.25, 0.3) is 0 Å². The molecule has 0 saturated carbocycles. The van der Waals surface area contributed by atoms with Crippen LogP contribution in [0.15, 0.2) is 30.3 Å². The van der Waals surface area contributed by atoms with Crippen LogP contribution in [0.5, 0.6) is 0 Å². The van der Waals surface area contributed by atoms with Crippen LogP contribution in [0, 0.1) is 0 Å². The summed E-state index contributed by atoms with van der Waals surface area (Å²) >= 11 is 5.82. The summed E-state index contributed by atoms with van der Waals surface area (Å²) in [5.74, 6) is 0.0519. The first kappa shape index (κ1) is 13.4. The molecule has 0 aliphatic carbocycles. The fourth-order valence-electron chi connectivity index (χ4n) is 2.22. The number of rotatable bonds is 3. The number of nitrogens with zero attached hydrogens (tertiary/aromatic N) is 2. The smallest absolute Gasteiger partial charge is 0.240 e. The molecule has 1 aliphatic heterocycles. The third-order valence-electron chi connectivity index (χ3n) is 3.27. The Balaban J connectivity index is 1.82. The third-order valence-corrected chi connectivity index (χ3v) is 3.46. The van der Waals surface area contributed by atoms with E-state index < -0.39 is 5.38 Å². The van der Waals surface area contributed by atoms with Crippen LogP contribution in [0.3, 0.4) is 0 Å². The van der Waals surface area contributed by atoms with E-state index in [1.165, 1.54) is 5.56 Å². The second kappa shape index (κ2) is 6.21. The molecule has 0 bridgehead atoms. The van der Waals surface area contributed by atoms with Gasteiger partial charge in [0, 0.05) is 32.7 Å². The molecule has 0 radical (unpaired) electrons. The van der Waals surface area contributed by atoms with Gasteiger partial charge in [0.1, 0.15) is 5.38 Å². The third kappa shape index (κ3) is 3.47. The highest BCUT2D eigenvalue weighted by molar-refractivity contribution is 6.30. The minimum absolute atomic E-state index is 0.0519. The predicted octanol–water partition coefficient (Wildman–Crippen LogP) is 1.96. The van der Waals surface area contributed by atoms with Gasteiger partial charge in [0.05, 0.1) is 0 Å². The van der Waals surface area contributed by atoms with E-state index in [4.69, 9.17) is 11.6 Å². The first-order valence-corrected chi connectivity index (χ1v) is 6.79. The molecule has 1 amide bonds. The van der Waals surface area contributed by atoms with Crippen LogP contribution in [0.2, 0.25) is 0 Å². The minimum atomic E-state index is -0.411. The maximum Gasteiger partial charge on any atom is 0.240 e. The summed E-state index contributed by atoms with van der Waals surface area (Å²) in [4.78, 5) is 16.0. The van der Waals surface area contributed by atoms with Gasteiger partial charge in [-0.3, -0.25) is 9.69 Å². The molecule has 1 saturated heterocycles. The number of benzene rings is 1. The molecule has 3 nitrogen and oxygen atoms in total. The van der Waals surface area contributed by atoms with Crippen molar-refractivity contribution in [2.24, 2.45) is 0 Å². The quantitative estimate of drug-likeness (QED) is 0.781. The number of halogens is 1. The fraction of sp³-hybridized carbons (Fsp3) is 0.500. The molecule has 0 N–H and O–H groups in total. The Kier molecular flexibility index (Phi) is 4.61. The van der Waals surface area contributed by atoms with Gasteiger partial charge in [-0.2, -0.15) is 0 Å². The molecule has 1 aromatic rings. The summed E-state index contributed by atoms with van der Waals surface area (Å²) in [6.07, 6.45) is 0. The Morgan fingerprint density at radius 1 is 1.22 bits per heavy atom. The molecule has 1 fully saturated rings. The molecule has 1 unspecified atom stereocenters. The van der Waals surface area contributed by atoms with Crippen molar-refractivity contribution in [3.05, 3.63) is 35.9 Å². The Morgan fingerprint density at radius 3 is 2.39 bits per heavy atom. The lowest BCUT2D eigenvalue weighted by Crippen LogP contribution is -2.49. The van der Waals surface area contributed by atoms with Crippen LogP contribution in [0.4, 0.5) is 0 Å². The number of alkyl halides is 1. The standard InChI is InChI=1S/C14H19ClN2O/c1-12(15)14(18)17-9-7-16(8-10-17)11-13-5-3-2-4-6-13/h2-6,12H,7-11H2,1H3. The summed E-state index contributed by atoms with van der Waals surface area (Å²) in [6, 6.07) is 10.4. The van der Waals surface area contributed by atoms with E-state index in [9.17, 15) is 4.79 Å². The Bertz CT molecular complexity index is 386. The number of hydrogen-bond acceptors (Lipinski definition) is 2. The number of amides is 1. The lowest BCUT2D eigenvalue weighted by Gasteiger charge is -2.35. The maximum absolute atomic E-state index is 11.7. The summed E-state index contributed by atoms with van der Waals surface area (Å²) in [6.45, 7) is 6.10. The number of hydrogen-bond donors (Lipinski definition) is 0. The Labute approximate surface area is 113 Å². The second-order valence-corrected chi connectivity index (χ2v) is 5.36. The Hall–Kier alpha value is -1.06. The highest BCUT2D eigenvalue weighted by Crippen LogP contribution is 2.10. The predicted molar refractivity (Wildman–Crippen MR) is 73.6 cm³/mol. The maximum atomic E-state index is 11.7. The first-order valence-electron chi connectivity index (χ1n) is 6.36. The molecule has 0 spiro atoms. The molecule has 1 aliphatic rings. The largest absolute Gasteiger partial charge is 0.339 e. The SMILES string of the molecule is CC(Cl)C(=O)N1CCN(Cc2ccccc2)CC1. The van der Waals surface area contributed by atoms with Crippen LogP contribution in [0.1, 0.15) is 12.5 Å². The summed E-state index contributed by atoms with van der Waals surface area (Å²) in [7, 11) is 0. The van der Waals surface area contributed by atoms with Gasteiger partial charge in [0.2, 0.25) is 5.91 Å². The highest BCUT2D eigenvalue weighted by atomic mass is 35.5. The van der Waals surface area contributed by atoms with E-state index in [1.54, 1.807) is 6.92 Å². The van der Waals surface area contributed by atoms with Gasteiger partial charge >= 0.3 is 0 Å². The van der Waals surface area contributed by atoms with Gasteiger partial charge in [0.15, 0.2) is 0 Å².